The van der Waals surface area contributed by atoms with Crippen molar-refractivity contribution < 1.29 is 0 Å². The summed E-state index contributed by atoms with van der Waals surface area (Å²) in [6.45, 7) is 1.87. The normalized spacial score (nSPS) is 12.8. The molecule has 0 radical (unpaired) electrons. The van der Waals surface area contributed by atoms with Crippen molar-refractivity contribution in [1.29, 1.82) is 5.26 Å². The predicted molar refractivity (Wildman–Crippen MR) is 28.6 cm³/mol. The lowest BCUT2D eigenvalue weighted by Gasteiger charge is -1.85. The number of rotatable bonds is 1. The number of nitrogens with zero attached hydrogens (tertiary/aromatic N) is 1. The summed E-state index contributed by atoms with van der Waals surface area (Å²) in [7, 11) is 0. The molecule has 0 bridgehead atoms. The van der Waals surface area contributed by atoms with E-state index in [4.69, 9.17) is 5.26 Å². The Morgan fingerprint density at radius 1 is 2.00 bits per heavy atom. The van der Waals surface area contributed by atoms with Gasteiger partial charge in [-0.15, -0.1) is 0 Å². The predicted octanol–water partition coefficient (Wildman–Crippen LogP) is 1.54. The fourth-order valence-electron chi connectivity index (χ4n) is 0.0345. The van der Waals surface area contributed by atoms with Crippen LogP contribution in [0.3, 0.4) is 0 Å². The molecule has 0 unspecified atom stereocenters. The van der Waals surface area contributed by atoms with Crippen molar-refractivity contribution in [3.05, 3.63) is 0 Å². The second-order valence-electron chi connectivity index (χ2n) is 1.18. The van der Waals surface area contributed by atoms with Gasteiger partial charge in [0.2, 0.25) is 0 Å². The Kier molecular flexibility index (Phi) is 3.16. The van der Waals surface area contributed by atoms with Gasteiger partial charge in [0.1, 0.15) is 0 Å². The van der Waals surface area contributed by atoms with Gasteiger partial charge in [-0.05, 0) is 6.92 Å². The van der Waals surface area contributed by atoms with Gasteiger partial charge in [0, 0.05) is 5.33 Å². The molecule has 0 aromatic heterocycles. The minimum Gasteiger partial charge on any atom is -0.198 e. The standard InChI is InChI=1S/C4H6BrN/c1-4(2-5)3-6/h4H,2H2,1H3/t4-/m0/s1. The molecule has 0 aromatic carbocycles. The summed E-state index contributed by atoms with van der Waals surface area (Å²) in [4.78, 5) is 0. The Labute approximate surface area is 46.1 Å². The SMILES string of the molecule is C[C@H](C#N)CBr. The number of hydrogen-bond acceptors (Lipinski definition) is 1. The Bertz CT molecular complexity index is 64.4. The molecule has 0 fully saturated rings. The van der Waals surface area contributed by atoms with Crippen LogP contribution in [0.25, 0.3) is 0 Å². The first-order valence-electron chi connectivity index (χ1n) is 1.77. The summed E-state index contributed by atoms with van der Waals surface area (Å²) in [5.41, 5.74) is 0. The molecule has 0 saturated heterocycles. The summed E-state index contributed by atoms with van der Waals surface area (Å²) in [6.07, 6.45) is 0. The lowest BCUT2D eigenvalue weighted by atomic mass is 10.3. The van der Waals surface area contributed by atoms with E-state index in [1.807, 2.05) is 6.92 Å². The fourth-order valence-corrected chi connectivity index (χ4v) is 0.179. The maximum Gasteiger partial charge on any atom is 0.0661 e. The van der Waals surface area contributed by atoms with E-state index in [0.29, 0.717) is 0 Å². The first-order chi connectivity index (χ1) is 2.81. The van der Waals surface area contributed by atoms with Crippen LogP contribution in [0.2, 0.25) is 0 Å². The third-order valence-electron chi connectivity index (χ3n) is 0.452. The maximum atomic E-state index is 8.05. The summed E-state index contributed by atoms with van der Waals surface area (Å²) in [5, 5.41) is 8.84. The molecule has 0 rings (SSSR count). The fraction of sp³-hybridized carbons (Fsp3) is 0.750. The highest BCUT2D eigenvalue weighted by Gasteiger charge is 1.90. The van der Waals surface area contributed by atoms with E-state index in [0.717, 1.165) is 5.33 Å². The molecular weight excluding hydrogens is 142 g/mol. The molecular formula is C4H6BrN. The van der Waals surface area contributed by atoms with Gasteiger partial charge in [0.05, 0.1) is 12.0 Å². The molecule has 6 heavy (non-hydrogen) atoms. The summed E-state index contributed by atoms with van der Waals surface area (Å²) in [6, 6.07) is 2.07. The molecule has 0 aliphatic heterocycles. The van der Waals surface area contributed by atoms with Crippen molar-refractivity contribution in [1.82, 2.24) is 0 Å². The van der Waals surface area contributed by atoms with Crippen LogP contribution in [0.5, 0.6) is 0 Å². The van der Waals surface area contributed by atoms with Crippen LogP contribution >= 0.6 is 15.9 Å². The van der Waals surface area contributed by atoms with Crippen LogP contribution in [0.15, 0.2) is 0 Å². The van der Waals surface area contributed by atoms with Crippen LogP contribution in [-0.2, 0) is 0 Å². The van der Waals surface area contributed by atoms with Gasteiger partial charge in [0.25, 0.3) is 0 Å². The van der Waals surface area contributed by atoms with Gasteiger partial charge in [-0.25, -0.2) is 0 Å². The smallest absolute Gasteiger partial charge is 0.0661 e. The first kappa shape index (κ1) is 5.97. The number of halogens is 1. The van der Waals surface area contributed by atoms with Crippen molar-refractivity contribution in [2.24, 2.45) is 5.92 Å². The molecule has 0 amide bonds. The monoisotopic (exact) mass is 147 g/mol. The number of hydrogen-bond donors (Lipinski definition) is 0. The van der Waals surface area contributed by atoms with Crippen molar-refractivity contribution in [2.75, 3.05) is 5.33 Å². The van der Waals surface area contributed by atoms with Crippen LogP contribution in [0.4, 0.5) is 0 Å². The van der Waals surface area contributed by atoms with Crippen LogP contribution in [-0.4, -0.2) is 5.33 Å². The molecule has 0 saturated carbocycles. The maximum absolute atomic E-state index is 8.05. The minimum absolute atomic E-state index is 0.157. The summed E-state index contributed by atoms with van der Waals surface area (Å²) < 4.78 is 0. The third-order valence-corrected chi connectivity index (χ3v) is 1.42. The van der Waals surface area contributed by atoms with E-state index < -0.39 is 0 Å². The Morgan fingerprint density at radius 2 is 2.50 bits per heavy atom. The van der Waals surface area contributed by atoms with E-state index >= 15 is 0 Å². The van der Waals surface area contributed by atoms with Crippen molar-refractivity contribution in [3.63, 3.8) is 0 Å². The van der Waals surface area contributed by atoms with E-state index in [1.165, 1.54) is 0 Å². The molecule has 1 nitrogen and oxygen atoms in total. The second-order valence-corrected chi connectivity index (χ2v) is 1.83. The topological polar surface area (TPSA) is 23.8 Å². The zero-order valence-corrected chi connectivity index (χ0v) is 5.20. The number of nitriles is 1. The summed E-state index contributed by atoms with van der Waals surface area (Å²) in [5.74, 6) is 0.157. The molecule has 0 aliphatic carbocycles. The van der Waals surface area contributed by atoms with Crippen LogP contribution < -0.4 is 0 Å². The highest BCUT2D eigenvalue weighted by atomic mass is 79.9. The average molecular weight is 148 g/mol. The largest absolute Gasteiger partial charge is 0.198 e. The van der Waals surface area contributed by atoms with Crippen molar-refractivity contribution >= 4 is 15.9 Å². The third kappa shape index (κ3) is 2.22. The highest BCUT2D eigenvalue weighted by Crippen LogP contribution is 1.94. The van der Waals surface area contributed by atoms with Crippen LogP contribution in [0.1, 0.15) is 6.92 Å². The van der Waals surface area contributed by atoms with Gasteiger partial charge < -0.3 is 0 Å². The number of alkyl halides is 1. The minimum atomic E-state index is 0.157. The van der Waals surface area contributed by atoms with Gasteiger partial charge in [-0.1, -0.05) is 15.9 Å². The van der Waals surface area contributed by atoms with E-state index in [2.05, 4.69) is 22.0 Å². The Balaban J connectivity index is 3.04. The average Bonchev–Trinajstić information content (AvgIpc) is 1.65. The lowest BCUT2D eigenvalue weighted by Crippen LogP contribution is -1.86. The molecule has 0 aromatic rings. The molecule has 34 valence electrons. The van der Waals surface area contributed by atoms with Gasteiger partial charge in [-0.2, -0.15) is 5.26 Å². The molecule has 0 N–H and O–H groups in total. The van der Waals surface area contributed by atoms with Gasteiger partial charge in [0.15, 0.2) is 0 Å². The second kappa shape index (κ2) is 3.17. The zero-order valence-electron chi connectivity index (χ0n) is 3.61. The molecule has 1 atom stereocenters. The summed E-state index contributed by atoms with van der Waals surface area (Å²) >= 11 is 3.15. The Morgan fingerprint density at radius 3 is 2.50 bits per heavy atom. The quantitative estimate of drug-likeness (QED) is 0.517. The first-order valence-corrected chi connectivity index (χ1v) is 2.89. The Hall–Kier alpha value is -0.0300. The highest BCUT2D eigenvalue weighted by molar-refractivity contribution is 9.09. The zero-order chi connectivity index (χ0) is 4.99. The molecule has 0 aliphatic rings. The van der Waals surface area contributed by atoms with E-state index in [-0.39, 0.29) is 5.92 Å². The van der Waals surface area contributed by atoms with E-state index in [1.54, 1.807) is 0 Å². The molecule has 0 spiro atoms. The lowest BCUT2D eigenvalue weighted by molar-refractivity contribution is 0.872. The van der Waals surface area contributed by atoms with Gasteiger partial charge >= 0.3 is 0 Å². The van der Waals surface area contributed by atoms with Gasteiger partial charge in [-0.3, -0.25) is 0 Å². The van der Waals surface area contributed by atoms with Crippen molar-refractivity contribution in [3.8, 4) is 6.07 Å². The van der Waals surface area contributed by atoms with Crippen LogP contribution in [0, 0.1) is 17.2 Å². The van der Waals surface area contributed by atoms with E-state index in [9.17, 15) is 0 Å². The molecule has 0 heterocycles. The van der Waals surface area contributed by atoms with Crippen molar-refractivity contribution in [2.45, 2.75) is 6.92 Å². The molecule has 2 heteroatoms.